The number of likely N-dealkylation sites (tertiary alicyclic amines) is 1. The lowest BCUT2D eigenvalue weighted by atomic mass is 9.94. The first kappa shape index (κ1) is 16.0. The van der Waals surface area contributed by atoms with Crippen LogP contribution < -0.4 is 0 Å². The Morgan fingerprint density at radius 3 is 3.04 bits per heavy atom. The highest BCUT2D eigenvalue weighted by Gasteiger charge is 2.34. The van der Waals surface area contributed by atoms with E-state index in [0.717, 1.165) is 13.0 Å². The van der Waals surface area contributed by atoms with Crippen LogP contribution in [0.5, 0.6) is 0 Å². The number of pyridine rings is 1. The van der Waals surface area contributed by atoms with Gasteiger partial charge in [0, 0.05) is 38.2 Å². The number of H-pyrrole nitrogens is 1. The van der Waals surface area contributed by atoms with Gasteiger partial charge in [-0.05, 0) is 43.6 Å². The lowest BCUT2D eigenvalue weighted by Gasteiger charge is -2.28. The predicted octanol–water partition coefficient (Wildman–Crippen LogP) is 2.83. The second-order valence-electron chi connectivity index (χ2n) is 6.18. The van der Waals surface area contributed by atoms with Gasteiger partial charge in [-0.1, -0.05) is 17.7 Å². The Balaban J connectivity index is 1.72. The van der Waals surface area contributed by atoms with Crippen LogP contribution in [0.15, 0.2) is 36.8 Å². The minimum absolute atomic E-state index is 0.0311. The standard InChI is InChI=1S/C17H21ClN4O/c1-21-7-5-13(16(21)12-4-3-6-19-9-12)11-22(2)17(23)15-8-14(18)10-20-15/h3-4,6,8-10,13,16,20H,5,7,11H2,1-2H3/t13-,16-/m0/s1. The molecular formula is C17H21ClN4O. The van der Waals surface area contributed by atoms with E-state index in [1.54, 1.807) is 23.4 Å². The van der Waals surface area contributed by atoms with Gasteiger partial charge in [-0.25, -0.2) is 0 Å². The molecule has 3 rings (SSSR count). The summed E-state index contributed by atoms with van der Waals surface area (Å²) >= 11 is 5.89. The molecule has 1 fully saturated rings. The molecule has 0 saturated carbocycles. The van der Waals surface area contributed by atoms with E-state index in [9.17, 15) is 4.79 Å². The average Bonchev–Trinajstić information content (AvgIpc) is 3.13. The monoisotopic (exact) mass is 332 g/mol. The van der Waals surface area contributed by atoms with Gasteiger partial charge in [0.15, 0.2) is 0 Å². The summed E-state index contributed by atoms with van der Waals surface area (Å²) in [7, 11) is 3.97. The van der Waals surface area contributed by atoms with Gasteiger partial charge in [-0.15, -0.1) is 0 Å². The fourth-order valence-corrected chi connectivity index (χ4v) is 3.59. The molecule has 0 radical (unpaired) electrons. The molecule has 0 spiro atoms. The van der Waals surface area contributed by atoms with E-state index >= 15 is 0 Å². The number of aromatic amines is 1. The Labute approximate surface area is 141 Å². The third-order valence-corrected chi connectivity index (χ3v) is 4.75. The van der Waals surface area contributed by atoms with Crippen molar-refractivity contribution in [1.82, 2.24) is 19.8 Å². The molecule has 122 valence electrons. The van der Waals surface area contributed by atoms with Crippen molar-refractivity contribution < 1.29 is 4.79 Å². The summed E-state index contributed by atoms with van der Waals surface area (Å²) in [6, 6.07) is 6.04. The lowest BCUT2D eigenvalue weighted by Crippen LogP contribution is -2.34. The van der Waals surface area contributed by atoms with Crippen molar-refractivity contribution in [3.63, 3.8) is 0 Å². The first-order valence-electron chi connectivity index (χ1n) is 7.76. The smallest absolute Gasteiger partial charge is 0.270 e. The fraction of sp³-hybridized carbons (Fsp3) is 0.412. The molecule has 1 aliphatic heterocycles. The quantitative estimate of drug-likeness (QED) is 0.936. The summed E-state index contributed by atoms with van der Waals surface area (Å²) in [5.41, 5.74) is 1.74. The largest absolute Gasteiger partial charge is 0.356 e. The Hall–Kier alpha value is -1.85. The number of hydrogen-bond donors (Lipinski definition) is 1. The number of carbonyl (C=O) groups is 1. The first-order valence-corrected chi connectivity index (χ1v) is 8.13. The number of rotatable bonds is 4. The summed E-state index contributed by atoms with van der Waals surface area (Å²) in [5.74, 6) is 0.361. The van der Waals surface area contributed by atoms with E-state index in [1.165, 1.54) is 5.56 Å². The second kappa shape index (κ2) is 6.72. The van der Waals surface area contributed by atoms with Crippen molar-refractivity contribution >= 4 is 17.5 Å². The van der Waals surface area contributed by atoms with Gasteiger partial charge in [0.2, 0.25) is 0 Å². The van der Waals surface area contributed by atoms with Crippen LogP contribution in [-0.2, 0) is 0 Å². The van der Waals surface area contributed by atoms with Crippen LogP contribution in [0, 0.1) is 5.92 Å². The minimum Gasteiger partial charge on any atom is -0.356 e. The summed E-state index contributed by atoms with van der Waals surface area (Å²) in [6.07, 6.45) is 6.41. The van der Waals surface area contributed by atoms with E-state index in [4.69, 9.17) is 11.6 Å². The Morgan fingerprint density at radius 2 is 2.39 bits per heavy atom. The number of hydrogen-bond acceptors (Lipinski definition) is 3. The van der Waals surface area contributed by atoms with Gasteiger partial charge < -0.3 is 9.88 Å². The topological polar surface area (TPSA) is 52.2 Å². The maximum atomic E-state index is 12.5. The van der Waals surface area contributed by atoms with E-state index in [-0.39, 0.29) is 5.91 Å². The van der Waals surface area contributed by atoms with E-state index in [1.807, 2.05) is 19.3 Å². The Kier molecular flexibility index (Phi) is 4.68. The van der Waals surface area contributed by atoms with Crippen molar-refractivity contribution in [3.05, 3.63) is 53.1 Å². The number of amides is 1. The molecule has 1 N–H and O–H groups in total. The van der Waals surface area contributed by atoms with Crippen LogP contribution in [0.2, 0.25) is 5.02 Å². The second-order valence-corrected chi connectivity index (χ2v) is 6.61. The molecule has 6 heteroatoms. The number of nitrogens with one attached hydrogen (secondary N) is 1. The Morgan fingerprint density at radius 1 is 1.57 bits per heavy atom. The summed E-state index contributed by atoms with van der Waals surface area (Å²) in [5, 5.41) is 0.551. The molecule has 2 aromatic heterocycles. The third kappa shape index (κ3) is 3.41. The highest BCUT2D eigenvalue weighted by Crippen LogP contribution is 2.36. The molecule has 1 saturated heterocycles. The first-order chi connectivity index (χ1) is 11.1. The molecular weight excluding hydrogens is 312 g/mol. The highest BCUT2D eigenvalue weighted by molar-refractivity contribution is 6.30. The van der Waals surface area contributed by atoms with Crippen LogP contribution in [-0.4, -0.2) is 52.9 Å². The molecule has 0 unspecified atom stereocenters. The van der Waals surface area contributed by atoms with Gasteiger partial charge in [0.1, 0.15) is 5.69 Å². The highest BCUT2D eigenvalue weighted by atomic mass is 35.5. The fourth-order valence-electron chi connectivity index (χ4n) is 3.43. The predicted molar refractivity (Wildman–Crippen MR) is 90.5 cm³/mol. The number of nitrogens with zero attached hydrogens (tertiary/aromatic N) is 3. The van der Waals surface area contributed by atoms with E-state index in [2.05, 4.69) is 28.0 Å². The molecule has 1 aliphatic rings. The van der Waals surface area contributed by atoms with Gasteiger partial charge in [0.25, 0.3) is 5.91 Å². The average molecular weight is 333 g/mol. The van der Waals surface area contributed by atoms with Crippen LogP contribution >= 0.6 is 11.6 Å². The van der Waals surface area contributed by atoms with Gasteiger partial charge in [0.05, 0.1) is 5.02 Å². The van der Waals surface area contributed by atoms with Crippen LogP contribution in [0.1, 0.15) is 28.5 Å². The van der Waals surface area contributed by atoms with Crippen molar-refractivity contribution in [2.75, 3.05) is 27.2 Å². The summed E-state index contributed by atoms with van der Waals surface area (Å²) in [4.78, 5) is 23.7. The SMILES string of the molecule is CN(C[C@@H]1CCN(C)[C@H]1c1cccnc1)C(=O)c1cc(Cl)c[nH]1. The van der Waals surface area contributed by atoms with Crippen molar-refractivity contribution in [3.8, 4) is 0 Å². The van der Waals surface area contributed by atoms with Crippen molar-refractivity contribution in [2.45, 2.75) is 12.5 Å². The number of aromatic nitrogens is 2. The van der Waals surface area contributed by atoms with Gasteiger partial charge in [-0.3, -0.25) is 14.7 Å². The Bertz CT molecular complexity index is 672. The zero-order chi connectivity index (χ0) is 16.4. The number of carbonyl (C=O) groups excluding carboxylic acids is 1. The molecule has 2 aromatic rings. The normalized spacial score (nSPS) is 21.5. The minimum atomic E-state index is -0.0311. The zero-order valence-corrected chi connectivity index (χ0v) is 14.1. The molecule has 3 heterocycles. The van der Waals surface area contributed by atoms with Crippen LogP contribution in [0.25, 0.3) is 0 Å². The maximum absolute atomic E-state index is 12.5. The third-order valence-electron chi connectivity index (χ3n) is 4.53. The summed E-state index contributed by atoms with van der Waals surface area (Å²) in [6.45, 7) is 1.74. The maximum Gasteiger partial charge on any atom is 0.270 e. The molecule has 23 heavy (non-hydrogen) atoms. The molecule has 0 aliphatic carbocycles. The molecule has 0 aromatic carbocycles. The van der Waals surface area contributed by atoms with Gasteiger partial charge >= 0.3 is 0 Å². The lowest BCUT2D eigenvalue weighted by molar-refractivity contribution is 0.0755. The van der Waals surface area contributed by atoms with Crippen LogP contribution in [0.3, 0.4) is 0 Å². The molecule has 2 atom stereocenters. The van der Waals surface area contributed by atoms with Crippen molar-refractivity contribution in [2.24, 2.45) is 5.92 Å². The zero-order valence-electron chi connectivity index (χ0n) is 13.4. The van der Waals surface area contributed by atoms with Crippen molar-refractivity contribution in [1.29, 1.82) is 0 Å². The van der Waals surface area contributed by atoms with Crippen LogP contribution in [0.4, 0.5) is 0 Å². The molecule has 1 amide bonds. The van der Waals surface area contributed by atoms with Gasteiger partial charge in [-0.2, -0.15) is 0 Å². The molecule has 5 nitrogen and oxygen atoms in total. The van der Waals surface area contributed by atoms with E-state index in [0.29, 0.717) is 29.2 Å². The summed E-state index contributed by atoms with van der Waals surface area (Å²) < 4.78 is 0. The number of halogens is 1. The molecule has 0 bridgehead atoms. The van der Waals surface area contributed by atoms with E-state index < -0.39 is 0 Å².